The molecule has 2 unspecified atom stereocenters. The van der Waals surface area contributed by atoms with E-state index in [2.05, 4.69) is 20.4 Å². The number of likely N-dealkylation sites (N-methyl/N-ethyl adjacent to an activating group) is 1. The van der Waals surface area contributed by atoms with E-state index >= 15 is 0 Å². The Morgan fingerprint density at radius 1 is 1.46 bits per heavy atom. The van der Waals surface area contributed by atoms with Crippen LogP contribution in [0, 0.1) is 0 Å². The Balaban J connectivity index is 4.11. The number of hydrogen-bond acceptors (Lipinski definition) is 2. The summed E-state index contributed by atoms with van der Waals surface area (Å²) in [6.07, 6.45) is 1.14. The van der Waals surface area contributed by atoms with Crippen molar-refractivity contribution < 1.29 is 14.7 Å². The van der Waals surface area contributed by atoms with Crippen LogP contribution in [0.1, 0.15) is 20.8 Å². The Labute approximate surface area is 81.0 Å². The highest BCUT2D eigenvalue weighted by Crippen LogP contribution is 1.91. The van der Waals surface area contributed by atoms with Crippen LogP contribution in [0.4, 0.5) is 0 Å². The van der Waals surface area contributed by atoms with Gasteiger partial charge in [0.1, 0.15) is 6.10 Å². The summed E-state index contributed by atoms with van der Waals surface area (Å²) >= 11 is 0. The highest BCUT2D eigenvalue weighted by Gasteiger charge is 2.24. The van der Waals surface area contributed by atoms with Crippen molar-refractivity contribution >= 4 is 0 Å². The number of nitrogens with one attached hydrogen (secondary N) is 1. The maximum Gasteiger partial charge on any atom is 0.218 e. The molecular formula is C10H22NO2+. The van der Waals surface area contributed by atoms with Gasteiger partial charge in [-0.15, -0.1) is 6.58 Å². The fourth-order valence-corrected chi connectivity index (χ4v) is 1.42. The molecule has 0 aliphatic rings. The van der Waals surface area contributed by atoms with Crippen molar-refractivity contribution in [1.29, 1.82) is 0 Å². The van der Waals surface area contributed by atoms with E-state index in [4.69, 9.17) is 4.74 Å². The van der Waals surface area contributed by atoms with Gasteiger partial charge in [-0.1, -0.05) is 6.08 Å². The second-order valence-corrected chi connectivity index (χ2v) is 3.15. The molecule has 0 heterocycles. The molecule has 0 saturated heterocycles. The van der Waals surface area contributed by atoms with Crippen LogP contribution in [0.5, 0.6) is 0 Å². The predicted molar refractivity (Wildman–Crippen MR) is 53.7 cm³/mol. The fourth-order valence-electron chi connectivity index (χ4n) is 1.42. The van der Waals surface area contributed by atoms with Crippen LogP contribution >= 0.6 is 0 Å². The summed E-state index contributed by atoms with van der Waals surface area (Å²) in [4.78, 5) is 1.26. The molecule has 0 saturated carbocycles. The third-order valence-electron chi connectivity index (χ3n) is 2.14. The lowest BCUT2D eigenvalue weighted by molar-refractivity contribution is -0.948. The van der Waals surface area contributed by atoms with E-state index in [0.29, 0.717) is 6.61 Å². The summed E-state index contributed by atoms with van der Waals surface area (Å²) in [5, 5.41) is 9.49. The van der Waals surface area contributed by atoms with E-state index in [9.17, 15) is 5.11 Å². The van der Waals surface area contributed by atoms with Crippen molar-refractivity contribution in [2.45, 2.75) is 33.1 Å². The zero-order valence-corrected chi connectivity index (χ0v) is 8.92. The van der Waals surface area contributed by atoms with Crippen molar-refractivity contribution in [2.75, 3.05) is 19.7 Å². The topological polar surface area (TPSA) is 33.9 Å². The van der Waals surface area contributed by atoms with E-state index in [-0.39, 0.29) is 6.23 Å². The Morgan fingerprint density at radius 3 is 2.31 bits per heavy atom. The molecule has 13 heavy (non-hydrogen) atoms. The van der Waals surface area contributed by atoms with Crippen molar-refractivity contribution in [3.8, 4) is 0 Å². The molecular weight excluding hydrogens is 166 g/mol. The number of aliphatic hydroxyl groups is 1. The number of aliphatic hydroxyl groups excluding tert-OH is 1. The van der Waals surface area contributed by atoms with Crippen molar-refractivity contribution in [3.05, 3.63) is 12.7 Å². The van der Waals surface area contributed by atoms with Gasteiger partial charge in [0.25, 0.3) is 0 Å². The van der Waals surface area contributed by atoms with Gasteiger partial charge < -0.3 is 14.7 Å². The monoisotopic (exact) mass is 188 g/mol. The van der Waals surface area contributed by atoms with Crippen molar-refractivity contribution in [3.63, 3.8) is 0 Å². The molecule has 0 amide bonds. The molecule has 78 valence electrons. The highest BCUT2D eigenvalue weighted by atomic mass is 16.5. The van der Waals surface area contributed by atoms with E-state index in [0.717, 1.165) is 13.1 Å². The van der Waals surface area contributed by atoms with Crippen LogP contribution < -0.4 is 4.90 Å². The lowest BCUT2D eigenvalue weighted by Gasteiger charge is -2.27. The van der Waals surface area contributed by atoms with Crippen LogP contribution in [-0.4, -0.2) is 37.1 Å². The second kappa shape index (κ2) is 7.06. The van der Waals surface area contributed by atoms with Crippen molar-refractivity contribution in [2.24, 2.45) is 0 Å². The first-order valence-corrected chi connectivity index (χ1v) is 4.92. The third kappa shape index (κ3) is 4.41. The zero-order valence-electron chi connectivity index (χ0n) is 8.92. The highest BCUT2D eigenvalue weighted by molar-refractivity contribution is 4.65. The largest absolute Gasteiger partial charge is 0.384 e. The van der Waals surface area contributed by atoms with E-state index < -0.39 is 6.10 Å². The van der Waals surface area contributed by atoms with Crippen LogP contribution in [-0.2, 0) is 4.74 Å². The molecule has 0 aromatic carbocycles. The van der Waals surface area contributed by atoms with Crippen molar-refractivity contribution in [1.82, 2.24) is 0 Å². The molecule has 0 aliphatic carbocycles. The quantitative estimate of drug-likeness (QED) is 0.429. The molecule has 3 nitrogen and oxygen atoms in total. The summed E-state index contributed by atoms with van der Waals surface area (Å²) in [7, 11) is 0. The molecule has 0 rings (SSSR count). The van der Waals surface area contributed by atoms with E-state index in [1.807, 2.05) is 0 Å². The predicted octanol–water partition coefficient (Wildman–Crippen LogP) is -0.179. The standard InChI is InChI=1S/C10H21NO2/c1-5-8-13-10(9(4)12)11(6-2)7-3/h5,9-10,12H,1,6-8H2,2-4H3/p+1. The van der Waals surface area contributed by atoms with Crippen LogP contribution in [0.3, 0.4) is 0 Å². The van der Waals surface area contributed by atoms with Crippen LogP contribution in [0.2, 0.25) is 0 Å². The molecule has 0 bridgehead atoms. The molecule has 3 heteroatoms. The summed E-state index contributed by atoms with van der Waals surface area (Å²) in [6.45, 7) is 11.9. The summed E-state index contributed by atoms with van der Waals surface area (Å²) in [5.74, 6) is 0. The third-order valence-corrected chi connectivity index (χ3v) is 2.14. The number of hydrogen-bond donors (Lipinski definition) is 2. The zero-order chi connectivity index (χ0) is 10.3. The molecule has 0 spiro atoms. The molecule has 0 fully saturated rings. The summed E-state index contributed by atoms with van der Waals surface area (Å²) in [6, 6.07) is 0. The molecule has 0 aromatic rings. The summed E-state index contributed by atoms with van der Waals surface area (Å²) < 4.78 is 5.49. The second-order valence-electron chi connectivity index (χ2n) is 3.15. The molecule has 2 N–H and O–H groups in total. The minimum atomic E-state index is -0.435. The van der Waals surface area contributed by atoms with Gasteiger partial charge in [0.15, 0.2) is 0 Å². The lowest BCUT2D eigenvalue weighted by Crippen LogP contribution is -3.16. The first-order valence-electron chi connectivity index (χ1n) is 4.92. The van der Waals surface area contributed by atoms with Crippen LogP contribution in [0.25, 0.3) is 0 Å². The van der Waals surface area contributed by atoms with Gasteiger partial charge in [0.2, 0.25) is 6.23 Å². The Morgan fingerprint density at radius 2 is 2.00 bits per heavy atom. The van der Waals surface area contributed by atoms with E-state index in [1.165, 1.54) is 4.90 Å². The average Bonchev–Trinajstić information content (AvgIpc) is 2.11. The minimum absolute atomic E-state index is 0.131. The van der Waals surface area contributed by atoms with Gasteiger partial charge in [-0.25, -0.2) is 0 Å². The molecule has 0 aromatic heterocycles. The maximum absolute atomic E-state index is 9.49. The number of quaternary nitrogens is 1. The Hall–Kier alpha value is -0.380. The first-order chi connectivity index (χ1) is 6.17. The Bertz CT molecular complexity index is 133. The van der Waals surface area contributed by atoms with E-state index in [1.54, 1.807) is 13.0 Å². The average molecular weight is 188 g/mol. The number of rotatable bonds is 7. The number of ether oxygens (including phenoxy) is 1. The summed E-state index contributed by atoms with van der Waals surface area (Å²) in [5.41, 5.74) is 0. The Kier molecular flexibility index (Phi) is 6.86. The minimum Gasteiger partial charge on any atom is -0.384 e. The SMILES string of the molecule is C=CCOC(C(C)O)[NH+](CC)CC. The van der Waals surface area contributed by atoms with Gasteiger partial charge in [-0.3, -0.25) is 0 Å². The van der Waals surface area contributed by atoms with Gasteiger partial charge >= 0.3 is 0 Å². The van der Waals surface area contributed by atoms with Gasteiger partial charge in [-0.05, 0) is 20.8 Å². The van der Waals surface area contributed by atoms with Gasteiger partial charge in [-0.2, -0.15) is 0 Å². The molecule has 2 atom stereocenters. The van der Waals surface area contributed by atoms with Gasteiger partial charge in [0, 0.05) is 0 Å². The first kappa shape index (κ1) is 12.6. The smallest absolute Gasteiger partial charge is 0.218 e. The fraction of sp³-hybridized carbons (Fsp3) is 0.800. The molecule has 0 radical (unpaired) electrons. The van der Waals surface area contributed by atoms with Gasteiger partial charge in [0.05, 0.1) is 19.7 Å². The normalized spacial score (nSPS) is 15.8. The van der Waals surface area contributed by atoms with Crippen LogP contribution in [0.15, 0.2) is 12.7 Å². The maximum atomic E-state index is 9.49. The lowest BCUT2D eigenvalue weighted by atomic mass is 10.3. The molecule has 0 aliphatic heterocycles.